The number of para-hydroxylation sites is 9. The van der Waals surface area contributed by atoms with Gasteiger partial charge in [0.05, 0.1) is 45.2 Å². The Morgan fingerprint density at radius 3 is 1.38 bits per heavy atom. The molecule has 13 rings (SSSR count). The Hall–Kier alpha value is -9.14. The molecule has 0 saturated carbocycles. The zero-order chi connectivity index (χ0) is 43.6. The van der Waals surface area contributed by atoms with E-state index < -0.39 is 0 Å². The molecule has 0 N–H and O–H groups in total. The summed E-state index contributed by atoms with van der Waals surface area (Å²) in [5.41, 5.74) is 14.5. The lowest BCUT2D eigenvalue weighted by molar-refractivity contribution is 0.477. The molecule has 0 bridgehead atoms. The van der Waals surface area contributed by atoms with Crippen molar-refractivity contribution in [3.63, 3.8) is 0 Å². The number of anilines is 6. The molecule has 0 aliphatic carbocycles. The number of nitrogens with zero attached hydrogens (tertiary/aromatic N) is 6. The Bertz CT molecular complexity index is 3600. The van der Waals surface area contributed by atoms with Crippen LogP contribution in [-0.2, 0) is 0 Å². The third-order valence-corrected chi connectivity index (χ3v) is 12.4. The fraction of sp³-hybridized carbons (Fsp3) is 0. The summed E-state index contributed by atoms with van der Waals surface area (Å²) in [6, 6.07) is 72.7. The fourth-order valence-corrected chi connectivity index (χ4v) is 9.23. The maximum absolute atomic E-state index is 6.27. The van der Waals surface area contributed by atoms with E-state index in [0.29, 0.717) is 5.82 Å². The highest BCUT2D eigenvalue weighted by Crippen LogP contribution is 2.52. The van der Waals surface area contributed by atoms with Crippen molar-refractivity contribution in [1.82, 2.24) is 19.9 Å². The van der Waals surface area contributed by atoms with Crippen molar-refractivity contribution in [2.45, 2.75) is 0 Å². The van der Waals surface area contributed by atoms with Gasteiger partial charge in [-0.25, -0.2) is 19.9 Å². The molecule has 2 aromatic heterocycles. The van der Waals surface area contributed by atoms with Gasteiger partial charge in [0.15, 0.2) is 28.8 Å². The van der Waals surface area contributed by atoms with E-state index in [2.05, 4.69) is 137 Å². The number of rotatable bonds is 6. The lowest BCUT2D eigenvalue weighted by atomic mass is 9.99. The van der Waals surface area contributed by atoms with Gasteiger partial charge in [-0.15, -0.1) is 0 Å². The number of hydrogen-bond donors (Lipinski definition) is 0. The van der Waals surface area contributed by atoms with Gasteiger partial charge < -0.3 is 19.3 Å². The summed E-state index contributed by atoms with van der Waals surface area (Å²) in [5.74, 6) is 3.94. The van der Waals surface area contributed by atoms with Gasteiger partial charge in [-0.2, -0.15) is 0 Å². The van der Waals surface area contributed by atoms with E-state index in [-0.39, 0.29) is 0 Å². The normalized spacial score (nSPS) is 12.4. The van der Waals surface area contributed by atoms with Crippen LogP contribution in [0.1, 0.15) is 0 Å². The number of hydrogen-bond acceptors (Lipinski definition) is 8. The molecule has 0 atom stereocenters. The maximum atomic E-state index is 6.27. The largest absolute Gasteiger partial charge is 0.453 e. The van der Waals surface area contributed by atoms with Crippen LogP contribution in [0.3, 0.4) is 0 Å². The molecule has 2 aliphatic heterocycles. The fourth-order valence-electron chi connectivity index (χ4n) is 9.23. The van der Waals surface area contributed by atoms with Crippen molar-refractivity contribution in [2.75, 3.05) is 9.80 Å². The Morgan fingerprint density at radius 2 is 0.788 bits per heavy atom. The molecular formula is C58H36N6O2. The van der Waals surface area contributed by atoms with Crippen LogP contribution in [0.25, 0.3) is 66.8 Å². The first kappa shape index (κ1) is 37.4. The quantitative estimate of drug-likeness (QED) is 0.164. The van der Waals surface area contributed by atoms with Gasteiger partial charge in [0, 0.05) is 38.8 Å². The SMILES string of the molecule is c1cc(-c2ccc3c(-c4ccc(N5c6ccccc6Oc6ccccc65)cc4)ncnc3c2)cc(-c2nc(-c3ccc(N4c5ccccc5Oc5ccccc54)cc3)c3ccccc3n2)c1. The Kier molecular flexibility index (Phi) is 8.67. The second-order valence-electron chi connectivity index (χ2n) is 16.3. The van der Waals surface area contributed by atoms with Gasteiger partial charge in [0.1, 0.15) is 6.33 Å². The number of fused-ring (bicyclic) bond motifs is 6. The van der Waals surface area contributed by atoms with E-state index in [1.165, 1.54) is 0 Å². The lowest BCUT2D eigenvalue weighted by Gasteiger charge is -2.32. The second kappa shape index (κ2) is 15.3. The summed E-state index contributed by atoms with van der Waals surface area (Å²) in [6.45, 7) is 0. The third kappa shape index (κ3) is 6.31. The molecule has 66 heavy (non-hydrogen) atoms. The Labute approximate surface area is 380 Å². The molecule has 0 spiro atoms. The van der Waals surface area contributed by atoms with Crippen molar-refractivity contribution < 1.29 is 9.47 Å². The average molecular weight is 849 g/mol. The minimum absolute atomic E-state index is 0.656. The van der Waals surface area contributed by atoms with Crippen molar-refractivity contribution >= 4 is 55.9 Å². The first-order valence-corrected chi connectivity index (χ1v) is 21.9. The van der Waals surface area contributed by atoms with Crippen LogP contribution < -0.4 is 19.3 Å². The average Bonchev–Trinajstić information content (AvgIpc) is 3.39. The van der Waals surface area contributed by atoms with E-state index >= 15 is 0 Å². The highest BCUT2D eigenvalue weighted by molar-refractivity contribution is 5.97. The molecule has 2 aliphatic rings. The number of ether oxygens (including phenoxy) is 2. The van der Waals surface area contributed by atoms with Crippen molar-refractivity contribution in [3.05, 3.63) is 219 Å². The molecule has 4 heterocycles. The van der Waals surface area contributed by atoms with E-state index in [0.717, 1.165) is 118 Å². The molecule has 0 radical (unpaired) electrons. The summed E-state index contributed by atoms with van der Waals surface area (Å²) in [4.78, 5) is 24.4. The van der Waals surface area contributed by atoms with Gasteiger partial charge in [-0.1, -0.05) is 115 Å². The summed E-state index contributed by atoms with van der Waals surface area (Å²) in [7, 11) is 0. The minimum Gasteiger partial charge on any atom is -0.453 e. The van der Waals surface area contributed by atoms with Crippen LogP contribution in [0.4, 0.5) is 34.1 Å². The van der Waals surface area contributed by atoms with Crippen molar-refractivity contribution in [2.24, 2.45) is 0 Å². The summed E-state index contributed by atoms with van der Waals surface area (Å²) in [5, 5.41) is 1.96. The van der Waals surface area contributed by atoms with E-state index in [1.807, 2.05) is 84.9 Å². The van der Waals surface area contributed by atoms with Gasteiger partial charge in [-0.05, 0) is 108 Å². The highest BCUT2D eigenvalue weighted by atomic mass is 16.5. The number of aromatic nitrogens is 4. The molecule has 0 amide bonds. The van der Waals surface area contributed by atoms with Gasteiger partial charge in [0.2, 0.25) is 0 Å². The molecule has 11 aromatic rings. The van der Waals surface area contributed by atoms with E-state index in [9.17, 15) is 0 Å². The standard InChI is InChI=1S/C58H36N6O2/c1-2-15-46-44(14-1)57(38-26-31-43(32-27-38)64-50-18-5-9-22-54(50)66-55-23-10-6-19-51(55)64)62-58(61-46)41-13-11-12-39(34-41)40-28-33-45-47(35-40)59-36-60-56(45)37-24-29-42(30-25-37)63-48-16-3-7-20-52(48)65-53-21-8-4-17-49(53)63/h1-36H. The van der Waals surface area contributed by atoms with Crippen LogP contribution >= 0.6 is 0 Å². The molecule has 310 valence electrons. The smallest absolute Gasteiger partial charge is 0.160 e. The zero-order valence-corrected chi connectivity index (χ0v) is 35.3. The first-order chi connectivity index (χ1) is 32.7. The molecule has 0 fully saturated rings. The van der Waals surface area contributed by atoms with E-state index in [4.69, 9.17) is 29.4 Å². The maximum Gasteiger partial charge on any atom is 0.160 e. The predicted molar refractivity (Wildman–Crippen MR) is 264 cm³/mol. The van der Waals surface area contributed by atoms with E-state index in [1.54, 1.807) is 6.33 Å². The summed E-state index contributed by atoms with van der Waals surface area (Å²) < 4.78 is 12.5. The van der Waals surface area contributed by atoms with Gasteiger partial charge >= 0.3 is 0 Å². The van der Waals surface area contributed by atoms with Crippen LogP contribution in [0.15, 0.2) is 219 Å². The summed E-state index contributed by atoms with van der Waals surface area (Å²) in [6.07, 6.45) is 1.65. The molecule has 0 unspecified atom stereocenters. The Balaban J connectivity index is 0.818. The van der Waals surface area contributed by atoms with Crippen LogP contribution in [0, 0.1) is 0 Å². The monoisotopic (exact) mass is 848 g/mol. The molecule has 8 nitrogen and oxygen atoms in total. The van der Waals surface area contributed by atoms with Crippen molar-refractivity contribution in [1.29, 1.82) is 0 Å². The highest BCUT2D eigenvalue weighted by Gasteiger charge is 2.27. The first-order valence-electron chi connectivity index (χ1n) is 21.9. The van der Waals surface area contributed by atoms with Gasteiger partial charge in [-0.3, -0.25) is 0 Å². The predicted octanol–water partition coefficient (Wildman–Crippen LogP) is 15.4. The lowest BCUT2D eigenvalue weighted by Crippen LogP contribution is -2.15. The Morgan fingerprint density at radius 1 is 0.318 bits per heavy atom. The van der Waals surface area contributed by atoms with Crippen LogP contribution in [0.2, 0.25) is 0 Å². The minimum atomic E-state index is 0.656. The molecule has 9 aromatic carbocycles. The van der Waals surface area contributed by atoms with Gasteiger partial charge in [0.25, 0.3) is 0 Å². The molecule has 0 saturated heterocycles. The number of benzene rings is 9. The molecular weight excluding hydrogens is 813 g/mol. The van der Waals surface area contributed by atoms with Crippen LogP contribution in [0.5, 0.6) is 23.0 Å². The summed E-state index contributed by atoms with van der Waals surface area (Å²) >= 11 is 0. The topological polar surface area (TPSA) is 76.5 Å². The third-order valence-electron chi connectivity index (χ3n) is 12.4. The van der Waals surface area contributed by atoms with Crippen LogP contribution in [-0.4, -0.2) is 19.9 Å². The van der Waals surface area contributed by atoms with Crippen molar-refractivity contribution in [3.8, 4) is 68.0 Å². The molecule has 8 heteroatoms. The second-order valence-corrected chi connectivity index (χ2v) is 16.3. The zero-order valence-electron chi connectivity index (χ0n) is 35.3.